The third-order valence-electron chi connectivity index (χ3n) is 1.63. The molecule has 0 spiro atoms. The molecule has 0 amide bonds. The highest BCUT2D eigenvalue weighted by atomic mass is 127. The first-order valence-electron chi connectivity index (χ1n) is 3.87. The highest BCUT2D eigenvalue weighted by molar-refractivity contribution is 14.1. The van der Waals surface area contributed by atoms with E-state index in [1.807, 2.05) is 18.2 Å². The summed E-state index contributed by atoms with van der Waals surface area (Å²) in [5.74, 6) is 0.587. The van der Waals surface area contributed by atoms with Crippen molar-refractivity contribution in [3.05, 3.63) is 31.4 Å². The third-order valence-corrected chi connectivity index (χ3v) is 3.85. The molecule has 0 saturated carbocycles. The van der Waals surface area contributed by atoms with Crippen LogP contribution in [0.2, 0.25) is 5.15 Å². The second-order valence-electron chi connectivity index (χ2n) is 2.65. The van der Waals surface area contributed by atoms with Crippen molar-refractivity contribution in [3.8, 4) is 0 Å². The quantitative estimate of drug-likeness (QED) is 0.742. The van der Waals surface area contributed by atoms with Gasteiger partial charge in [0, 0.05) is 8.04 Å². The number of halogens is 3. The molecule has 78 valence electrons. The molecule has 15 heavy (non-hydrogen) atoms. The Hall–Kier alpha value is 0.0800. The lowest BCUT2D eigenvalue weighted by Gasteiger charge is -2.05. The minimum Gasteiger partial charge on any atom is -0.336 e. The van der Waals surface area contributed by atoms with Crippen LogP contribution in [0, 0.1) is 3.57 Å². The summed E-state index contributed by atoms with van der Waals surface area (Å²) in [6.07, 6.45) is 0. The molecule has 1 aromatic carbocycles. The second-order valence-corrected chi connectivity index (χ2v) is 5.64. The normalized spacial score (nSPS) is 10.3. The lowest BCUT2D eigenvalue weighted by atomic mass is 10.3. The molecular weight excluding hydrogens is 412 g/mol. The predicted molar refractivity (Wildman–Crippen MR) is 75.1 cm³/mol. The van der Waals surface area contributed by atoms with Gasteiger partial charge in [-0.2, -0.15) is 8.75 Å². The van der Waals surface area contributed by atoms with E-state index in [2.05, 4.69) is 52.6 Å². The summed E-state index contributed by atoms with van der Waals surface area (Å²) < 4.78 is 10.0. The molecule has 2 aromatic rings. The minimum absolute atomic E-state index is 0.394. The molecule has 3 nitrogen and oxygen atoms in total. The highest BCUT2D eigenvalue weighted by Crippen LogP contribution is 2.29. The zero-order valence-corrected chi connectivity index (χ0v) is 12.5. The van der Waals surface area contributed by atoms with Crippen LogP contribution < -0.4 is 5.32 Å². The van der Waals surface area contributed by atoms with Gasteiger partial charge in [-0.25, -0.2) is 0 Å². The van der Waals surface area contributed by atoms with Crippen LogP contribution in [0.15, 0.2) is 22.7 Å². The van der Waals surface area contributed by atoms with E-state index in [0.717, 1.165) is 25.5 Å². The zero-order chi connectivity index (χ0) is 10.8. The van der Waals surface area contributed by atoms with Crippen LogP contribution in [0.25, 0.3) is 0 Å². The first kappa shape index (κ1) is 11.6. The summed E-state index contributed by atoms with van der Waals surface area (Å²) in [6.45, 7) is 0. The molecule has 7 heteroatoms. The summed E-state index contributed by atoms with van der Waals surface area (Å²) in [6, 6.07) is 5.97. The van der Waals surface area contributed by atoms with E-state index in [9.17, 15) is 0 Å². The summed E-state index contributed by atoms with van der Waals surface area (Å²) >= 11 is 12.6. The molecule has 1 heterocycles. The van der Waals surface area contributed by atoms with Crippen LogP contribution in [-0.4, -0.2) is 8.75 Å². The fourth-order valence-electron chi connectivity index (χ4n) is 0.971. The van der Waals surface area contributed by atoms with E-state index < -0.39 is 0 Å². The van der Waals surface area contributed by atoms with Crippen LogP contribution in [0.3, 0.4) is 0 Å². The van der Waals surface area contributed by atoms with Gasteiger partial charge in [0.2, 0.25) is 0 Å². The lowest BCUT2D eigenvalue weighted by molar-refractivity contribution is 1.43. The van der Waals surface area contributed by atoms with Crippen LogP contribution in [0.1, 0.15) is 0 Å². The number of aromatic nitrogens is 2. The topological polar surface area (TPSA) is 37.8 Å². The van der Waals surface area contributed by atoms with E-state index in [1.165, 1.54) is 0 Å². The Kier molecular flexibility index (Phi) is 3.81. The van der Waals surface area contributed by atoms with Gasteiger partial charge >= 0.3 is 0 Å². The predicted octanol–water partition coefficient (Wildman–Crippen LogP) is 4.30. The van der Waals surface area contributed by atoms with Crippen molar-refractivity contribution in [3.63, 3.8) is 0 Å². The molecule has 1 aromatic heterocycles. The van der Waals surface area contributed by atoms with Crippen LogP contribution >= 0.6 is 61.8 Å². The van der Waals surface area contributed by atoms with E-state index in [-0.39, 0.29) is 0 Å². The van der Waals surface area contributed by atoms with Crippen LogP contribution in [0.4, 0.5) is 11.5 Å². The van der Waals surface area contributed by atoms with Gasteiger partial charge in [-0.05, 0) is 56.7 Å². The van der Waals surface area contributed by atoms with Crippen molar-refractivity contribution >= 4 is 73.4 Å². The molecule has 0 unspecified atom stereocenters. The molecule has 0 atom stereocenters. The molecule has 0 aliphatic heterocycles. The Balaban J connectivity index is 2.29. The molecule has 0 saturated heterocycles. The van der Waals surface area contributed by atoms with Crippen molar-refractivity contribution in [2.45, 2.75) is 0 Å². The monoisotopic (exact) mass is 415 g/mol. The Morgan fingerprint density at radius 3 is 2.80 bits per heavy atom. The van der Waals surface area contributed by atoms with Crippen molar-refractivity contribution in [1.82, 2.24) is 8.75 Å². The smallest absolute Gasteiger partial charge is 0.187 e. The highest BCUT2D eigenvalue weighted by Gasteiger charge is 2.07. The maximum atomic E-state index is 5.83. The van der Waals surface area contributed by atoms with Gasteiger partial charge in [0.25, 0.3) is 0 Å². The van der Waals surface area contributed by atoms with E-state index in [1.54, 1.807) is 0 Å². The zero-order valence-electron chi connectivity index (χ0n) is 7.17. The average Bonchev–Trinajstić information content (AvgIpc) is 2.57. The maximum absolute atomic E-state index is 5.83. The van der Waals surface area contributed by atoms with E-state index >= 15 is 0 Å². The van der Waals surface area contributed by atoms with Crippen molar-refractivity contribution < 1.29 is 0 Å². The summed E-state index contributed by atoms with van der Waals surface area (Å²) in [7, 11) is 0. The average molecular weight is 416 g/mol. The van der Waals surface area contributed by atoms with Gasteiger partial charge < -0.3 is 5.32 Å². The molecule has 0 fully saturated rings. The van der Waals surface area contributed by atoms with Crippen LogP contribution in [-0.2, 0) is 0 Å². The Morgan fingerprint density at radius 1 is 1.40 bits per heavy atom. The lowest BCUT2D eigenvalue weighted by Crippen LogP contribution is -1.92. The number of nitrogens with zero attached hydrogens (tertiary/aromatic N) is 2. The number of hydrogen-bond acceptors (Lipinski definition) is 4. The van der Waals surface area contributed by atoms with E-state index in [4.69, 9.17) is 11.6 Å². The number of anilines is 2. The number of benzene rings is 1. The summed E-state index contributed by atoms with van der Waals surface area (Å²) in [5.41, 5.74) is 0.921. The first-order valence-corrected chi connectivity index (χ1v) is 6.85. The molecule has 0 aliphatic carbocycles. The molecule has 2 rings (SSSR count). The number of nitrogens with one attached hydrogen (secondary N) is 1. The van der Waals surface area contributed by atoms with Gasteiger partial charge in [0.15, 0.2) is 11.0 Å². The van der Waals surface area contributed by atoms with Gasteiger partial charge in [-0.3, -0.25) is 0 Å². The Bertz CT molecular complexity index is 490. The summed E-state index contributed by atoms with van der Waals surface area (Å²) in [5, 5.41) is 3.50. The third kappa shape index (κ3) is 2.80. The van der Waals surface area contributed by atoms with Gasteiger partial charge in [0.05, 0.1) is 17.4 Å². The van der Waals surface area contributed by atoms with Crippen molar-refractivity contribution in [1.29, 1.82) is 0 Å². The van der Waals surface area contributed by atoms with Crippen molar-refractivity contribution in [2.24, 2.45) is 0 Å². The standard InChI is InChI=1S/C8H4BrClIN3S/c9-5-3-4(11)1-2-6(5)12-8-7(10)13-15-14-8/h1-3H,(H,12,14). The molecule has 0 radical (unpaired) electrons. The van der Waals surface area contributed by atoms with Gasteiger partial charge in [-0.15, -0.1) is 0 Å². The minimum atomic E-state index is 0.394. The SMILES string of the molecule is Clc1nsnc1Nc1ccc(I)cc1Br. The van der Waals surface area contributed by atoms with Gasteiger partial charge in [0.1, 0.15) is 0 Å². The Labute approximate surface area is 118 Å². The number of rotatable bonds is 2. The molecular formula is C8H4BrClIN3S. The first-order chi connectivity index (χ1) is 7.16. The fraction of sp³-hybridized carbons (Fsp3) is 0. The molecule has 0 bridgehead atoms. The van der Waals surface area contributed by atoms with E-state index in [0.29, 0.717) is 11.0 Å². The fourth-order valence-corrected chi connectivity index (χ4v) is 3.01. The van der Waals surface area contributed by atoms with Gasteiger partial charge in [-0.1, -0.05) is 11.6 Å². The molecule has 1 N–H and O–H groups in total. The second kappa shape index (κ2) is 4.94. The maximum Gasteiger partial charge on any atom is 0.187 e. The Morgan fingerprint density at radius 2 is 2.20 bits per heavy atom. The van der Waals surface area contributed by atoms with Crippen LogP contribution in [0.5, 0.6) is 0 Å². The number of hydrogen-bond donors (Lipinski definition) is 1. The van der Waals surface area contributed by atoms with Crippen molar-refractivity contribution in [2.75, 3.05) is 5.32 Å². The molecule has 0 aliphatic rings. The summed E-state index contributed by atoms with van der Waals surface area (Å²) in [4.78, 5) is 0. The largest absolute Gasteiger partial charge is 0.336 e.